The Morgan fingerprint density at radius 2 is 1.78 bits per heavy atom. The molecule has 0 aliphatic rings. The predicted molar refractivity (Wildman–Crippen MR) is 69.2 cm³/mol. The number of nitrogens with zero attached hydrogens (tertiary/aromatic N) is 2. The number of sulfone groups is 1. The van der Waals surface area contributed by atoms with E-state index < -0.39 is 20.8 Å². The van der Waals surface area contributed by atoms with E-state index >= 15 is 0 Å². The third-order valence-electron chi connectivity index (χ3n) is 2.06. The lowest BCUT2D eigenvalue weighted by molar-refractivity contribution is -0.121. The summed E-state index contributed by atoms with van der Waals surface area (Å²) >= 11 is 3.17. The average molecular weight is 335 g/mol. The number of carbonyl (C=O) groups excluding carboxylic acids is 1. The molecule has 1 amide bonds. The zero-order chi connectivity index (χ0) is 13.9. The van der Waals surface area contributed by atoms with E-state index in [0.717, 1.165) is 4.90 Å². The van der Waals surface area contributed by atoms with Crippen LogP contribution in [0.5, 0.6) is 0 Å². The Bertz CT molecular complexity index is 578. The Hall–Kier alpha value is -1.41. The van der Waals surface area contributed by atoms with Crippen LogP contribution in [0.15, 0.2) is 38.8 Å². The van der Waals surface area contributed by atoms with E-state index in [1.807, 2.05) is 0 Å². The van der Waals surface area contributed by atoms with Crippen molar-refractivity contribution in [2.75, 3.05) is 14.1 Å². The quantitative estimate of drug-likeness (QED) is 0.360. The standard InChI is InChI=1S/C10H11BrN2O4S/c1-13(2)10(14)9(12-15)18(16,17)8-5-3-7(11)4-6-8/h3-6,15H,1-2H3/b12-9+. The molecule has 1 aromatic carbocycles. The van der Waals surface area contributed by atoms with Crippen LogP contribution in [-0.4, -0.2) is 43.6 Å². The molecule has 0 aliphatic heterocycles. The number of rotatable bonds is 1. The fourth-order valence-electron chi connectivity index (χ4n) is 1.13. The first-order valence-electron chi connectivity index (χ1n) is 4.75. The largest absolute Gasteiger partial charge is 0.410 e. The minimum atomic E-state index is -4.12. The molecule has 1 rings (SSSR count). The molecule has 98 valence electrons. The summed E-state index contributed by atoms with van der Waals surface area (Å²) in [6.07, 6.45) is 0. The van der Waals surface area contributed by atoms with Gasteiger partial charge < -0.3 is 10.1 Å². The minimum absolute atomic E-state index is 0.117. The van der Waals surface area contributed by atoms with Crippen LogP contribution in [0.4, 0.5) is 0 Å². The highest BCUT2D eigenvalue weighted by molar-refractivity contribution is 9.10. The maximum absolute atomic E-state index is 12.1. The van der Waals surface area contributed by atoms with Gasteiger partial charge in [0, 0.05) is 18.6 Å². The van der Waals surface area contributed by atoms with Crippen LogP contribution in [0.1, 0.15) is 0 Å². The summed E-state index contributed by atoms with van der Waals surface area (Å²) < 4.78 is 24.8. The number of hydrogen-bond donors (Lipinski definition) is 1. The Morgan fingerprint density at radius 3 is 2.17 bits per heavy atom. The zero-order valence-corrected chi connectivity index (χ0v) is 12.1. The van der Waals surface area contributed by atoms with Gasteiger partial charge in [0.1, 0.15) is 0 Å². The van der Waals surface area contributed by atoms with Gasteiger partial charge in [-0.3, -0.25) is 4.79 Å². The van der Waals surface area contributed by atoms with E-state index in [1.165, 1.54) is 38.4 Å². The van der Waals surface area contributed by atoms with Gasteiger partial charge >= 0.3 is 0 Å². The van der Waals surface area contributed by atoms with Crippen LogP contribution in [0.3, 0.4) is 0 Å². The van der Waals surface area contributed by atoms with Crippen molar-refractivity contribution in [1.82, 2.24) is 4.90 Å². The zero-order valence-electron chi connectivity index (χ0n) is 9.66. The van der Waals surface area contributed by atoms with Gasteiger partial charge in [0.15, 0.2) is 0 Å². The lowest BCUT2D eigenvalue weighted by Crippen LogP contribution is -2.35. The van der Waals surface area contributed by atoms with Gasteiger partial charge in [-0.2, -0.15) is 0 Å². The van der Waals surface area contributed by atoms with Crippen molar-refractivity contribution < 1.29 is 18.4 Å². The van der Waals surface area contributed by atoms with Crippen molar-refractivity contribution in [3.8, 4) is 0 Å². The average Bonchev–Trinajstić information content (AvgIpc) is 2.29. The summed E-state index contributed by atoms with van der Waals surface area (Å²) in [6.45, 7) is 0. The molecule has 0 saturated carbocycles. The molecule has 0 bridgehead atoms. The van der Waals surface area contributed by atoms with E-state index in [1.54, 1.807) is 0 Å². The number of oxime groups is 1. The second kappa shape index (κ2) is 5.49. The molecule has 0 spiro atoms. The Kier molecular flexibility index (Phi) is 4.47. The second-order valence-electron chi connectivity index (χ2n) is 3.56. The molecule has 0 unspecified atom stereocenters. The lowest BCUT2D eigenvalue weighted by atomic mass is 10.4. The smallest absolute Gasteiger partial charge is 0.287 e. The van der Waals surface area contributed by atoms with Crippen LogP contribution in [0.25, 0.3) is 0 Å². The molecule has 0 fully saturated rings. The van der Waals surface area contributed by atoms with Gasteiger partial charge in [-0.25, -0.2) is 8.42 Å². The fourth-order valence-corrected chi connectivity index (χ4v) is 2.63. The molecule has 0 atom stereocenters. The monoisotopic (exact) mass is 334 g/mol. The molecule has 0 heterocycles. The van der Waals surface area contributed by atoms with E-state index in [2.05, 4.69) is 21.1 Å². The van der Waals surface area contributed by atoms with Crippen molar-refractivity contribution in [2.24, 2.45) is 5.16 Å². The minimum Gasteiger partial charge on any atom is -0.410 e. The Labute approximate surface area is 113 Å². The van der Waals surface area contributed by atoms with Crippen LogP contribution in [0, 0.1) is 0 Å². The number of carbonyl (C=O) groups is 1. The van der Waals surface area contributed by atoms with E-state index in [-0.39, 0.29) is 4.90 Å². The highest BCUT2D eigenvalue weighted by atomic mass is 79.9. The lowest BCUT2D eigenvalue weighted by Gasteiger charge is -2.11. The van der Waals surface area contributed by atoms with Crippen LogP contribution < -0.4 is 0 Å². The molecule has 0 radical (unpaired) electrons. The predicted octanol–water partition coefficient (Wildman–Crippen LogP) is 1.10. The van der Waals surface area contributed by atoms with Crippen LogP contribution >= 0.6 is 15.9 Å². The topological polar surface area (TPSA) is 87.0 Å². The summed E-state index contributed by atoms with van der Waals surface area (Å²) in [5.41, 5.74) is 0. The normalized spacial score (nSPS) is 12.3. The SMILES string of the molecule is CN(C)C(=O)/C(=N\O)S(=O)(=O)c1ccc(Br)cc1. The summed E-state index contributed by atoms with van der Waals surface area (Å²) in [7, 11) is -1.39. The van der Waals surface area contributed by atoms with Crippen molar-refractivity contribution in [3.05, 3.63) is 28.7 Å². The molecule has 0 aromatic heterocycles. The number of amides is 1. The van der Waals surface area contributed by atoms with Gasteiger partial charge in [-0.15, -0.1) is 0 Å². The molecule has 1 N–H and O–H groups in total. The van der Waals surface area contributed by atoms with Crippen LogP contribution in [-0.2, 0) is 14.6 Å². The number of hydrogen-bond acceptors (Lipinski definition) is 5. The van der Waals surface area contributed by atoms with Gasteiger partial charge in [0.05, 0.1) is 4.90 Å². The van der Waals surface area contributed by atoms with Crippen LogP contribution in [0.2, 0.25) is 0 Å². The first kappa shape index (κ1) is 14.7. The first-order valence-corrected chi connectivity index (χ1v) is 7.02. The molecule has 0 saturated heterocycles. The molecule has 0 aliphatic carbocycles. The molecule has 6 nitrogen and oxygen atoms in total. The second-order valence-corrected chi connectivity index (χ2v) is 6.34. The Balaban J connectivity index is 3.29. The summed E-state index contributed by atoms with van der Waals surface area (Å²) in [6, 6.07) is 5.66. The first-order chi connectivity index (χ1) is 8.30. The maximum Gasteiger partial charge on any atom is 0.287 e. The molecular weight excluding hydrogens is 324 g/mol. The number of halogens is 1. The summed E-state index contributed by atoms with van der Waals surface area (Å²) in [5.74, 6) is -0.889. The third-order valence-corrected chi connectivity index (χ3v) is 4.25. The maximum atomic E-state index is 12.1. The van der Waals surface area contributed by atoms with E-state index in [9.17, 15) is 13.2 Å². The van der Waals surface area contributed by atoms with Gasteiger partial charge in [-0.1, -0.05) is 21.1 Å². The summed E-state index contributed by atoms with van der Waals surface area (Å²) in [5, 5.41) is 10.4. The third kappa shape index (κ3) is 2.88. The summed E-state index contributed by atoms with van der Waals surface area (Å²) in [4.78, 5) is 12.5. The highest BCUT2D eigenvalue weighted by Gasteiger charge is 2.31. The van der Waals surface area contributed by atoms with Gasteiger partial charge in [-0.05, 0) is 24.3 Å². The van der Waals surface area contributed by atoms with Crippen molar-refractivity contribution >= 4 is 36.7 Å². The molecular formula is C10H11BrN2O4S. The van der Waals surface area contributed by atoms with Gasteiger partial charge in [0.2, 0.25) is 9.84 Å². The van der Waals surface area contributed by atoms with Crippen molar-refractivity contribution in [3.63, 3.8) is 0 Å². The van der Waals surface area contributed by atoms with E-state index in [0.29, 0.717) is 4.47 Å². The van der Waals surface area contributed by atoms with Crippen molar-refractivity contribution in [1.29, 1.82) is 0 Å². The van der Waals surface area contributed by atoms with E-state index in [4.69, 9.17) is 5.21 Å². The fraction of sp³-hybridized carbons (Fsp3) is 0.200. The van der Waals surface area contributed by atoms with Gasteiger partial charge in [0.25, 0.3) is 11.0 Å². The molecule has 18 heavy (non-hydrogen) atoms. The molecule has 1 aromatic rings. The Morgan fingerprint density at radius 1 is 1.28 bits per heavy atom. The van der Waals surface area contributed by atoms with Crippen molar-refractivity contribution in [2.45, 2.75) is 4.90 Å². The molecule has 8 heteroatoms. The highest BCUT2D eigenvalue weighted by Crippen LogP contribution is 2.17. The number of benzene rings is 1.